The zero-order valence-electron chi connectivity index (χ0n) is 11.5. The number of hydrogen-bond donors (Lipinski definition) is 3. The molecule has 0 spiro atoms. The van der Waals surface area contributed by atoms with Crippen LogP contribution in [0.1, 0.15) is 23.9 Å². The fraction of sp³-hybridized carbons (Fsp3) is 0.417. The molecule has 0 unspecified atom stereocenters. The largest absolute Gasteiger partial charge is 0.363 e. The van der Waals surface area contributed by atoms with Crippen LogP contribution in [0.25, 0.3) is 0 Å². The highest BCUT2D eigenvalue weighted by atomic mass is 32.2. The Kier molecular flexibility index (Phi) is 4.26. The first-order chi connectivity index (χ1) is 9.46. The molecule has 110 valence electrons. The van der Waals surface area contributed by atoms with E-state index in [0.717, 1.165) is 17.7 Å². The number of aromatic amines is 1. The molecular formula is C12H19N5O2S. The van der Waals surface area contributed by atoms with Crippen LogP contribution in [0.15, 0.2) is 23.4 Å². The van der Waals surface area contributed by atoms with Crippen LogP contribution >= 0.6 is 0 Å². The van der Waals surface area contributed by atoms with Gasteiger partial charge in [0.05, 0.1) is 10.6 Å². The zero-order valence-corrected chi connectivity index (χ0v) is 12.4. The van der Waals surface area contributed by atoms with E-state index in [1.807, 2.05) is 20.2 Å². The molecule has 2 heterocycles. The van der Waals surface area contributed by atoms with Crippen molar-refractivity contribution in [2.75, 3.05) is 0 Å². The van der Waals surface area contributed by atoms with Crippen LogP contribution in [0.5, 0.6) is 0 Å². The second kappa shape index (κ2) is 5.78. The number of aryl methyl sites for hydroxylation is 2. The maximum atomic E-state index is 12.1. The molecule has 7 nitrogen and oxygen atoms in total. The molecule has 0 amide bonds. The fourth-order valence-corrected chi connectivity index (χ4v) is 3.00. The molecule has 8 heteroatoms. The minimum Gasteiger partial charge on any atom is -0.363 e. The van der Waals surface area contributed by atoms with E-state index in [9.17, 15) is 8.42 Å². The monoisotopic (exact) mass is 297 g/mol. The third-order valence-corrected chi connectivity index (χ3v) is 4.41. The number of nitrogens with one attached hydrogen (secondary N) is 2. The first-order valence-electron chi connectivity index (χ1n) is 6.34. The van der Waals surface area contributed by atoms with Crippen LogP contribution in [0.4, 0.5) is 0 Å². The van der Waals surface area contributed by atoms with Crippen LogP contribution < -0.4 is 10.5 Å². The van der Waals surface area contributed by atoms with E-state index in [0.29, 0.717) is 5.69 Å². The van der Waals surface area contributed by atoms with Crippen LogP contribution in [0.3, 0.4) is 0 Å². The van der Waals surface area contributed by atoms with Crippen LogP contribution in [0, 0.1) is 0 Å². The Balaban J connectivity index is 2.12. The van der Waals surface area contributed by atoms with Gasteiger partial charge in [-0.3, -0.25) is 4.68 Å². The molecule has 0 aromatic carbocycles. The summed E-state index contributed by atoms with van der Waals surface area (Å²) >= 11 is 0. The van der Waals surface area contributed by atoms with Crippen LogP contribution in [0.2, 0.25) is 0 Å². The Hall–Kier alpha value is -1.64. The van der Waals surface area contributed by atoms with E-state index >= 15 is 0 Å². The van der Waals surface area contributed by atoms with E-state index in [2.05, 4.69) is 14.8 Å². The van der Waals surface area contributed by atoms with Gasteiger partial charge >= 0.3 is 0 Å². The van der Waals surface area contributed by atoms with Gasteiger partial charge < -0.3 is 10.7 Å². The van der Waals surface area contributed by atoms with Crippen molar-refractivity contribution in [1.29, 1.82) is 0 Å². The number of H-pyrrole nitrogens is 1. The number of rotatable bonds is 6. The van der Waals surface area contributed by atoms with Gasteiger partial charge in [-0.2, -0.15) is 5.10 Å². The highest BCUT2D eigenvalue weighted by molar-refractivity contribution is 7.89. The van der Waals surface area contributed by atoms with Gasteiger partial charge in [0, 0.05) is 43.8 Å². The van der Waals surface area contributed by atoms with Crippen molar-refractivity contribution in [2.45, 2.75) is 31.3 Å². The van der Waals surface area contributed by atoms with Crippen LogP contribution in [-0.4, -0.2) is 23.2 Å². The van der Waals surface area contributed by atoms with Gasteiger partial charge in [-0.15, -0.1) is 0 Å². The molecule has 0 fully saturated rings. The molecule has 4 N–H and O–H groups in total. The first-order valence-corrected chi connectivity index (χ1v) is 7.83. The first kappa shape index (κ1) is 14.8. The topological polar surface area (TPSA) is 106 Å². The maximum Gasteiger partial charge on any atom is 0.242 e. The van der Waals surface area contributed by atoms with E-state index in [4.69, 9.17) is 5.73 Å². The normalized spacial score (nSPS) is 11.9. The van der Waals surface area contributed by atoms with Crippen molar-refractivity contribution < 1.29 is 8.42 Å². The predicted octanol–water partition coefficient (Wildman–Crippen LogP) is 0.248. The van der Waals surface area contributed by atoms with Crippen molar-refractivity contribution in [2.24, 2.45) is 12.8 Å². The maximum absolute atomic E-state index is 12.1. The number of aromatic nitrogens is 3. The quantitative estimate of drug-likeness (QED) is 0.710. The summed E-state index contributed by atoms with van der Waals surface area (Å²) in [5, 5.41) is 4.28. The van der Waals surface area contributed by atoms with Gasteiger partial charge in [-0.1, -0.05) is 6.92 Å². The van der Waals surface area contributed by atoms with E-state index < -0.39 is 10.0 Å². The van der Waals surface area contributed by atoms with Crippen molar-refractivity contribution in [3.8, 4) is 0 Å². The average Bonchev–Trinajstić information content (AvgIpc) is 3.02. The number of hydrogen-bond acceptors (Lipinski definition) is 4. The van der Waals surface area contributed by atoms with E-state index in [1.165, 1.54) is 12.3 Å². The van der Waals surface area contributed by atoms with Crippen molar-refractivity contribution in [1.82, 2.24) is 19.5 Å². The molecule has 2 aromatic heterocycles. The van der Waals surface area contributed by atoms with Gasteiger partial charge in [-0.05, 0) is 12.5 Å². The Morgan fingerprint density at radius 1 is 1.50 bits per heavy atom. The molecule has 0 aliphatic heterocycles. The molecule has 0 aliphatic carbocycles. The highest BCUT2D eigenvalue weighted by Gasteiger charge is 2.17. The Bertz CT molecular complexity index is 687. The summed E-state index contributed by atoms with van der Waals surface area (Å²) in [5.41, 5.74) is 7.91. The average molecular weight is 297 g/mol. The van der Waals surface area contributed by atoms with Crippen molar-refractivity contribution in [3.63, 3.8) is 0 Å². The Labute approximate surface area is 118 Å². The SMILES string of the molecule is CCc1nn(C)cc1CNS(=O)(=O)c1c[nH]c(CN)c1. The predicted molar refractivity (Wildman–Crippen MR) is 75.3 cm³/mol. The molecule has 0 bridgehead atoms. The number of nitrogens with two attached hydrogens (primary N) is 1. The minimum atomic E-state index is -3.54. The summed E-state index contributed by atoms with van der Waals surface area (Å²) < 4.78 is 28.5. The summed E-state index contributed by atoms with van der Waals surface area (Å²) in [4.78, 5) is 3.02. The Morgan fingerprint density at radius 3 is 2.85 bits per heavy atom. The van der Waals surface area contributed by atoms with Crippen molar-refractivity contribution in [3.05, 3.63) is 35.4 Å². The summed E-state index contributed by atoms with van der Waals surface area (Å²) in [6.45, 7) is 2.49. The molecule has 20 heavy (non-hydrogen) atoms. The third kappa shape index (κ3) is 3.09. The van der Waals surface area contributed by atoms with Crippen LogP contribution in [-0.2, 0) is 36.6 Å². The third-order valence-electron chi connectivity index (χ3n) is 3.03. The summed E-state index contributed by atoms with van der Waals surface area (Å²) in [6, 6.07) is 1.53. The molecule has 0 saturated heterocycles. The van der Waals surface area contributed by atoms with E-state index in [1.54, 1.807) is 4.68 Å². The lowest BCUT2D eigenvalue weighted by Crippen LogP contribution is -2.23. The number of nitrogens with zero attached hydrogens (tertiary/aromatic N) is 2. The van der Waals surface area contributed by atoms with E-state index in [-0.39, 0.29) is 18.0 Å². The lowest BCUT2D eigenvalue weighted by atomic mass is 10.2. The van der Waals surface area contributed by atoms with Gasteiger partial charge in [0.25, 0.3) is 0 Å². The van der Waals surface area contributed by atoms with Gasteiger partial charge in [-0.25, -0.2) is 13.1 Å². The second-order valence-electron chi connectivity index (χ2n) is 4.52. The molecule has 0 radical (unpaired) electrons. The Morgan fingerprint density at radius 2 is 2.25 bits per heavy atom. The molecule has 0 saturated carbocycles. The highest BCUT2D eigenvalue weighted by Crippen LogP contribution is 2.12. The summed E-state index contributed by atoms with van der Waals surface area (Å²) in [6.07, 6.45) is 4.03. The van der Waals surface area contributed by atoms with Crippen molar-refractivity contribution >= 4 is 10.0 Å². The van der Waals surface area contributed by atoms with Gasteiger partial charge in [0.1, 0.15) is 0 Å². The summed E-state index contributed by atoms with van der Waals surface area (Å²) in [5.74, 6) is 0. The second-order valence-corrected chi connectivity index (χ2v) is 6.28. The fourth-order valence-electron chi connectivity index (χ4n) is 1.98. The molecular weight excluding hydrogens is 278 g/mol. The molecule has 0 aliphatic rings. The summed E-state index contributed by atoms with van der Waals surface area (Å²) in [7, 11) is -1.72. The smallest absolute Gasteiger partial charge is 0.242 e. The molecule has 2 aromatic rings. The molecule has 0 atom stereocenters. The van der Waals surface area contributed by atoms with Gasteiger partial charge in [0.15, 0.2) is 0 Å². The lowest BCUT2D eigenvalue weighted by Gasteiger charge is -2.04. The lowest BCUT2D eigenvalue weighted by molar-refractivity contribution is 0.581. The number of sulfonamides is 1. The van der Waals surface area contributed by atoms with Gasteiger partial charge in [0.2, 0.25) is 10.0 Å². The minimum absolute atomic E-state index is 0.194. The standard InChI is InChI=1S/C12H19N5O2S/c1-3-12-9(8-17(2)16-12)6-15-20(18,19)11-4-10(5-13)14-7-11/h4,7-8,14-15H,3,5-6,13H2,1-2H3. The zero-order chi connectivity index (χ0) is 14.8. The molecule has 2 rings (SSSR count).